The number of imide groups is 4. The highest BCUT2D eigenvalue weighted by Crippen LogP contribution is 2.64. The third-order valence-corrected chi connectivity index (χ3v) is 11.0. The molecule has 3 fully saturated rings. The van der Waals surface area contributed by atoms with Crippen LogP contribution in [0.4, 0.5) is 10.5 Å². The molecule has 7 rings (SSSR count). The number of halogens is 2. The second-order valence-corrected chi connectivity index (χ2v) is 13.5. The number of likely N-dealkylation sites (tertiary alicyclic amines) is 1. The van der Waals surface area contributed by atoms with Gasteiger partial charge in [0.15, 0.2) is 11.5 Å². The molecule has 2 heterocycles. The van der Waals surface area contributed by atoms with Gasteiger partial charge in [-0.15, -0.1) is 0 Å². The predicted molar refractivity (Wildman–Crippen MR) is 180 cm³/mol. The Kier molecular flexibility index (Phi) is 8.26. The molecule has 2 aliphatic carbocycles. The van der Waals surface area contributed by atoms with E-state index in [1.54, 1.807) is 48.5 Å². The van der Waals surface area contributed by atoms with Crippen LogP contribution >= 0.6 is 23.2 Å². The highest BCUT2D eigenvalue weighted by Gasteiger charge is 2.70. The summed E-state index contributed by atoms with van der Waals surface area (Å²) in [4.78, 5) is 70.6. The molecule has 3 aromatic rings. The van der Waals surface area contributed by atoms with Crippen molar-refractivity contribution in [2.45, 2.75) is 24.2 Å². The summed E-state index contributed by atoms with van der Waals surface area (Å²) in [6.45, 7) is 0. The lowest BCUT2D eigenvalue weighted by atomic mass is 9.49. The fourth-order valence-electron chi connectivity index (χ4n) is 8.36. The molecule has 258 valence electrons. The maximum absolute atomic E-state index is 15.3. The minimum atomic E-state index is -1.61. The molecule has 3 aromatic carbocycles. The zero-order valence-electron chi connectivity index (χ0n) is 27.0. The van der Waals surface area contributed by atoms with Crippen molar-refractivity contribution in [1.82, 2.24) is 9.91 Å². The number of phenolic OH excluding ortho intramolecular Hbond substituents is 1. The molecular formula is C36H31Cl2N3O9. The number of nitrogens with zero attached hydrogens (tertiary/aromatic N) is 2. The average Bonchev–Trinajstić information content (AvgIpc) is 3.50. The number of methoxy groups -OCH3 is 3. The first-order valence-corrected chi connectivity index (χ1v) is 16.5. The lowest BCUT2D eigenvalue weighted by molar-refractivity contribution is -0.140. The number of aromatic hydroxyl groups is 1. The van der Waals surface area contributed by atoms with E-state index in [1.807, 2.05) is 6.08 Å². The van der Waals surface area contributed by atoms with Gasteiger partial charge in [0.2, 0.25) is 11.8 Å². The van der Waals surface area contributed by atoms with E-state index in [2.05, 4.69) is 5.43 Å². The summed E-state index contributed by atoms with van der Waals surface area (Å²) in [7, 11) is 3.99. The summed E-state index contributed by atoms with van der Waals surface area (Å²) >= 11 is 12.6. The summed E-state index contributed by atoms with van der Waals surface area (Å²) in [5.41, 5.74) is 3.23. The number of phenols is 1. The quantitative estimate of drug-likeness (QED) is 0.248. The molecule has 1 saturated carbocycles. The minimum absolute atomic E-state index is 0.00408. The Balaban J connectivity index is 1.47. The Bertz CT molecular complexity index is 2000. The second kappa shape index (κ2) is 12.4. The van der Waals surface area contributed by atoms with Crippen molar-refractivity contribution in [1.29, 1.82) is 0 Å². The van der Waals surface area contributed by atoms with Gasteiger partial charge in [-0.1, -0.05) is 53.1 Å². The first-order chi connectivity index (χ1) is 24.0. The van der Waals surface area contributed by atoms with Crippen LogP contribution in [-0.2, 0) is 29.3 Å². The molecule has 0 aromatic heterocycles. The summed E-state index contributed by atoms with van der Waals surface area (Å²) in [6, 6.07) is 16.1. The molecule has 5 amide bonds. The molecule has 0 spiro atoms. The number of anilines is 1. The van der Waals surface area contributed by atoms with Crippen molar-refractivity contribution >= 4 is 58.6 Å². The van der Waals surface area contributed by atoms with Gasteiger partial charge in [0.25, 0.3) is 11.8 Å². The van der Waals surface area contributed by atoms with Crippen LogP contribution in [0.15, 0.2) is 72.3 Å². The number of benzene rings is 3. The van der Waals surface area contributed by atoms with Gasteiger partial charge in [0.05, 0.1) is 55.2 Å². The van der Waals surface area contributed by atoms with Gasteiger partial charge in [-0.05, 0) is 72.4 Å². The number of ether oxygens (including phenoxy) is 3. The van der Waals surface area contributed by atoms with Crippen LogP contribution < -0.4 is 14.9 Å². The molecule has 50 heavy (non-hydrogen) atoms. The van der Waals surface area contributed by atoms with Crippen molar-refractivity contribution in [3.8, 4) is 17.2 Å². The van der Waals surface area contributed by atoms with Crippen molar-refractivity contribution in [3.63, 3.8) is 0 Å². The Morgan fingerprint density at radius 1 is 0.900 bits per heavy atom. The van der Waals surface area contributed by atoms with Gasteiger partial charge in [-0.25, -0.2) is 4.79 Å². The van der Waals surface area contributed by atoms with Crippen LogP contribution in [-0.4, -0.2) is 66.1 Å². The molecule has 2 aliphatic heterocycles. The minimum Gasteiger partial charge on any atom is -0.504 e. The highest BCUT2D eigenvalue weighted by atomic mass is 35.5. The van der Waals surface area contributed by atoms with Crippen LogP contribution in [0.25, 0.3) is 0 Å². The fourth-order valence-corrected chi connectivity index (χ4v) is 8.81. The predicted octanol–water partition coefficient (Wildman–Crippen LogP) is 5.47. The van der Waals surface area contributed by atoms with E-state index < -0.39 is 64.7 Å². The normalized spacial score (nSPS) is 27.0. The topological polar surface area (TPSA) is 152 Å². The Morgan fingerprint density at radius 2 is 1.64 bits per heavy atom. The molecule has 0 bridgehead atoms. The fraction of sp³-hybridized carbons (Fsp3) is 0.306. The molecule has 6 atom stereocenters. The first kappa shape index (κ1) is 33.4. The second-order valence-electron chi connectivity index (χ2n) is 12.6. The van der Waals surface area contributed by atoms with Crippen LogP contribution in [0, 0.1) is 23.7 Å². The number of hydrogen-bond acceptors (Lipinski definition) is 10. The van der Waals surface area contributed by atoms with Crippen molar-refractivity contribution < 1.29 is 43.3 Å². The van der Waals surface area contributed by atoms with E-state index in [1.165, 1.54) is 26.4 Å². The SMILES string of the molecule is COC(=O)N1C(=O)C2CC=C3C(CC4C(=O)N(Nc5ccc(Cl)cc5Cl)C(=O)C4(c4ccc(OC)cc4)C3c3ccc(O)c(OC)c3)C2C1=O. The lowest BCUT2D eigenvalue weighted by Crippen LogP contribution is -2.53. The molecule has 2 saturated heterocycles. The van der Waals surface area contributed by atoms with E-state index in [9.17, 15) is 24.3 Å². The maximum Gasteiger partial charge on any atom is 0.423 e. The standard InChI is InChI=1S/C36H31Cl2N3O9/c1-48-20-8-5-18(6-9-20)36-24(32(44)41(34(36)46)39-26-12-7-19(37)15-25(26)38)16-23-21(30(36)17-4-13-27(42)28(14-17)49-2)10-11-22-29(23)33(45)40(31(22)43)35(47)50-3/h4-10,12-15,22-24,29-30,39,42H,11,16H2,1-3H3. The Hall–Kier alpha value is -5.07. The number of hydrazine groups is 1. The number of rotatable bonds is 6. The monoisotopic (exact) mass is 719 g/mol. The van der Waals surface area contributed by atoms with Gasteiger partial charge in [-0.2, -0.15) is 9.91 Å². The molecule has 4 aliphatic rings. The number of nitrogens with one attached hydrogen (secondary N) is 1. The Labute approximate surface area is 296 Å². The van der Waals surface area contributed by atoms with Gasteiger partial charge in [0.1, 0.15) is 5.75 Å². The van der Waals surface area contributed by atoms with Gasteiger partial charge in [0, 0.05) is 10.9 Å². The van der Waals surface area contributed by atoms with Crippen molar-refractivity contribution in [2.75, 3.05) is 26.8 Å². The summed E-state index contributed by atoms with van der Waals surface area (Å²) in [5.74, 6) is -6.64. The largest absolute Gasteiger partial charge is 0.504 e. The van der Waals surface area contributed by atoms with E-state index in [4.69, 9.17) is 37.4 Å². The Morgan fingerprint density at radius 3 is 2.30 bits per heavy atom. The number of carbonyl (C=O) groups is 5. The highest BCUT2D eigenvalue weighted by molar-refractivity contribution is 6.36. The first-order valence-electron chi connectivity index (χ1n) is 15.7. The average molecular weight is 721 g/mol. The van der Waals surface area contributed by atoms with Gasteiger partial charge in [-0.3, -0.25) is 24.6 Å². The number of hydrogen-bond donors (Lipinski definition) is 2. The molecular weight excluding hydrogens is 689 g/mol. The number of fused-ring (bicyclic) bond motifs is 4. The molecule has 12 nitrogen and oxygen atoms in total. The van der Waals surface area contributed by atoms with Crippen LogP contribution in [0.1, 0.15) is 29.9 Å². The smallest absolute Gasteiger partial charge is 0.423 e. The van der Waals surface area contributed by atoms with E-state index in [0.717, 1.165) is 12.1 Å². The molecule has 0 radical (unpaired) electrons. The van der Waals surface area contributed by atoms with Gasteiger partial charge >= 0.3 is 6.09 Å². The lowest BCUT2D eigenvalue weighted by Gasteiger charge is -2.50. The zero-order chi connectivity index (χ0) is 35.6. The molecule has 6 unspecified atom stereocenters. The van der Waals surface area contributed by atoms with E-state index >= 15 is 4.79 Å². The van der Waals surface area contributed by atoms with Crippen LogP contribution in [0.5, 0.6) is 17.2 Å². The summed E-state index contributed by atoms with van der Waals surface area (Å²) in [5, 5.41) is 12.1. The van der Waals surface area contributed by atoms with Crippen molar-refractivity contribution in [3.05, 3.63) is 93.5 Å². The van der Waals surface area contributed by atoms with E-state index in [0.29, 0.717) is 32.4 Å². The molecule has 14 heteroatoms. The summed E-state index contributed by atoms with van der Waals surface area (Å²) < 4.78 is 15.7. The van der Waals surface area contributed by atoms with Crippen LogP contribution in [0.2, 0.25) is 10.0 Å². The third-order valence-electron chi connectivity index (χ3n) is 10.5. The van der Waals surface area contributed by atoms with E-state index in [-0.39, 0.29) is 35.1 Å². The maximum atomic E-state index is 15.3. The molecule has 2 N–H and O–H groups in total. The summed E-state index contributed by atoms with van der Waals surface area (Å²) in [6.07, 6.45) is 0.860. The number of carbonyl (C=O) groups excluding carboxylic acids is 5. The van der Waals surface area contributed by atoms with Crippen molar-refractivity contribution in [2.24, 2.45) is 23.7 Å². The van der Waals surface area contributed by atoms with Gasteiger partial charge < -0.3 is 19.3 Å². The van der Waals surface area contributed by atoms with Crippen LogP contribution in [0.3, 0.4) is 0 Å². The zero-order valence-corrected chi connectivity index (χ0v) is 28.5. The number of amides is 5. The third kappa shape index (κ3) is 4.76. The number of allylic oxidation sites excluding steroid dienone is 2.